The minimum absolute atomic E-state index is 0.0492. The van der Waals surface area contributed by atoms with Crippen LogP contribution in [-0.2, 0) is 10.2 Å². The van der Waals surface area contributed by atoms with Crippen LogP contribution in [0.5, 0.6) is 0 Å². The number of hydrogen-bond donors (Lipinski definition) is 2. The van der Waals surface area contributed by atoms with Crippen LogP contribution in [0.1, 0.15) is 45.9 Å². The van der Waals surface area contributed by atoms with Crippen LogP contribution in [-0.4, -0.2) is 40.1 Å². The quantitative estimate of drug-likeness (QED) is 0.836. The molecular weight excluding hydrogens is 346 g/mol. The maximum absolute atomic E-state index is 12.7. The molecule has 2 aromatic rings. The summed E-state index contributed by atoms with van der Waals surface area (Å²) >= 11 is 0. The predicted octanol–water partition coefficient (Wildman–Crippen LogP) is 3.84. The molecule has 4 rings (SSSR count). The Balaban J connectivity index is 1.51. The minimum Gasteiger partial charge on any atom is -0.481 e. The van der Waals surface area contributed by atoms with Crippen LogP contribution >= 0.6 is 0 Å². The van der Waals surface area contributed by atoms with Crippen molar-refractivity contribution in [2.75, 3.05) is 18.4 Å². The molecule has 1 saturated carbocycles. The lowest BCUT2D eigenvalue weighted by atomic mass is 9.81. The maximum atomic E-state index is 12.7. The lowest BCUT2D eigenvalue weighted by Gasteiger charge is -2.23. The van der Waals surface area contributed by atoms with Gasteiger partial charge in [0.1, 0.15) is 5.52 Å². The number of carbonyl (C=O) groups excluding carboxylic acids is 1. The highest BCUT2D eigenvalue weighted by Gasteiger charge is 2.55. The normalized spacial score (nSPS) is 25.0. The second kappa shape index (κ2) is 5.97. The number of amides is 2. The van der Waals surface area contributed by atoms with Crippen LogP contribution in [0.4, 0.5) is 10.5 Å². The predicted molar refractivity (Wildman–Crippen MR) is 101 cm³/mol. The van der Waals surface area contributed by atoms with Gasteiger partial charge < -0.3 is 19.7 Å². The van der Waals surface area contributed by atoms with Crippen molar-refractivity contribution < 1.29 is 19.1 Å². The standard InChI is InChI=1S/C20H25N3O4/c1-19(2,3)16-22-14-9-13(6-7-15(14)27-16)21-18(26)23-10-12-5-4-8-20(12,11-23)17(24)25/h6-7,9,12H,4-5,8,10-11H2,1-3H3,(H,21,26)(H,24,25)/t12-,20+/m0/s1. The molecule has 2 N–H and O–H groups in total. The maximum Gasteiger partial charge on any atom is 0.321 e. The summed E-state index contributed by atoms with van der Waals surface area (Å²) in [5, 5.41) is 12.6. The average molecular weight is 371 g/mol. The van der Waals surface area contributed by atoms with Crippen molar-refractivity contribution in [1.29, 1.82) is 0 Å². The van der Waals surface area contributed by atoms with Crippen molar-refractivity contribution in [3.05, 3.63) is 24.1 Å². The van der Waals surface area contributed by atoms with Gasteiger partial charge in [0.2, 0.25) is 5.89 Å². The molecule has 1 saturated heterocycles. The van der Waals surface area contributed by atoms with Crippen LogP contribution in [0.2, 0.25) is 0 Å². The smallest absolute Gasteiger partial charge is 0.321 e. The number of aromatic nitrogens is 1. The van der Waals surface area contributed by atoms with Crippen molar-refractivity contribution in [1.82, 2.24) is 9.88 Å². The van der Waals surface area contributed by atoms with E-state index in [1.165, 1.54) is 0 Å². The van der Waals surface area contributed by atoms with Crippen LogP contribution in [0.3, 0.4) is 0 Å². The Morgan fingerprint density at radius 1 is 1.37 bits per heavy atom. The van der Waals surface area contributed by atoms with Gasteiger partial charge >= 0.3 is 12.0 Å². The van der Waals surface area contributed by atoms with E-state index >= 15 is 0 Å². The molecule has 2 heterocycles. The number of carboxylic acids is 1. The number of hydrogen-bond acceptors (Lipinski definition) is 4. The van der Waals surface area contributed by atoms with Gasteiger partial charge in [-0.25, -0.2) is 9.78 Å². The van der Waals surface area contributed by atoms with Gasteiger partial charge in [0.05, 0.1) is 5.41 Å². The molecule has 2 aliphatic rings. The number of carbonyl (C=O) groups is 2. The van der Waals surface area contributed by atoms with Gasteiger partial charge in [-0.15, -0.1) is 0 Å². The number of fused-ring (bicyclic) bond motifs is 2. The lowest BCUT2D eigenvalue weighted by Crippen LogP contribution is -2.38. The largest absolute Gasteiger partial charge is 0.481 e. The second-order valence-electron chi connectivity index (χ2n) is 8.81. The number of rotatable bonds is 2. The number of anilines is 1. The number of benzene rings is 1. The molecule has 7 heteroatoms. The van der Waals surface area contributed by atoms with Gasteiger partial charge in [-0.1, -0.05) is 27.2 Å². The van der Waals surface area contributed by atoms with E-state index in [1.807, 2.05) is 20.8 Å². The SMILES string of the molecule is CC(C)(C)c1nc2cc(NC(=O)N3C[C@@H]4CCC[C@@]4(C(=O)O)C3)ccc2o1. The zero-order valence-corrected chi connectivity index (χ0v) is 15.9. The van der Waals surface area contributed by atoms with Gasteiger partial charge in [-0.3, -0.25) is 4.79 Å². The summed E-state index contributed by atoms with van der Waals surface area (Å²) in [6.07, 6.45) is 2.44. The van der Waals surface area contributed by atoms with Crippen molar-refractivity contribution in [2.45, 2.75) is 45.4 Å². The molecule has 1 aromatic heterocycles. The summed E-state index contributed by atoms with van der Waals surface area (Å²) in [5.74, 6) is -0.0797. The Bertz CT molecular complexity index is 914. The van der Waals surface area contributed by atoms with E-state index in [1.54, 1.807) is 23.1 Å². The highest BCUT2D eigenvalue weighted by atomic mass is 16.4. The van der Waals surface area contributed by atoms with Crippen LogP contribution in [0.25, 0.3) is 11.1 Å². The second-order valence-corrected chi connectivity index (χ2v) is 8.81. The van der Waals surface area contributed by atoms with Gasteiger partial charge in [0.25, 0.3) is 0 Å². The Morgan fingerprint density at radius 3 is 2.81 bits per heavy atom. The highest BCUT2D eigenvalue weighted by Crippen LogP contribution is 2.49. The van der Waals surface area contributed by atoms with Crippen LogP contribution < -0.4 is 5.32 Å². The molecule has 144 valence electrons. The highest BCUT2D eigenvalue weighted by molar-refractivity contribution is 5.92. The Hall–Kier alpha value is -2.57. The molecule has 27 heavy (non-hydrogen) atoms. The van der Waals surface area contributed by atoms with E-state index < -0.39 is 11.4 Å². The fraction of sp³-hybridized carbons (Fsp3) is 0.550. The zero-order chi connectivity index (χ0) is 19.4. The summed E-state index contributed by atoms with van der Waals surface area (Å²) < 4.78 is 5.78. The van der Waals surface area contributed by atoms with Gasteiger partial charge in [0, 0.05) is 24.2 Å². The van der Waals surface area contributed by atoms with E-state index in [-0.39, 0.29) is 23.9 Å². The average Bonchev–Trinajstić information content (AvgIpc) is 3.25. The first-order valence-corrected chi connectivity index (χ1v) is 9.39. The fourth-order valence-electron chi connectivity index (χ4n) is 4.32. The van der Waals surface area contributed by atoms with Crippen molar-refractivity contribution in [3.8, 4) is 0 Å². The van der Waals surface area contributed by atoms with E-state index in [9.17, 15) is 14.7 Å². The number of nitrogens with zero attached hydrogens (tertiary/aromatic N) is 2. The summed E-state index contributed by atoms with van der Waals surface area (Å²) in [4.78, 5) is 30.6. The number of likely N-dealkylation sites (tertiary alicyclic amines) is 1. The number of nitrogens with one attached hydrogen (secondary N) is 1. The first kappa shape index (κ1) is 17.8. The molecule has 7 nitrogen and oxygen atoms in total. The number of urea groups is 1. The van der Waals surface area contributed by atoms with E-state index in [0.717, 1.165) is 12.8 Å². The Kier molecular flexibility index (Phi) is 3.94. The topological polar surface area (TPSA) is 95.7 Å². The Morgan fingerprint density at radius 2 is 2.15 bits per heavy atom. The first-order chi connectivity index (χ1) is 12.7. The summed E-state index contributed by atoms with van der Waals surface area (Å²) in [6, 6.07) is 5.10. The molecule has 2 fully saturated rings. The van der Waals surface area contributed by atoms with Crippen LogP contribution in [0, 0.1) is 11.3 Å². The number of aliphatic carboxylic acids is 1. The van der Waals surface area contributed by atoms with Crippen molar-refractivity contribution in [3.63, 3.8) is 0 Å². The first-order valence-electron chi connectivity index (χ1n) is 9.39. The van der Waals surface area contributed by atoms with Gasteiger partial charge in [-0.05, 0) is 37.0 Å². The number of oxazole rings is 1. The van der Waals surface area contributed by atoms with E-state index in [4.69, 9.17) is 4.42 Å². The molecule has 1 aromatic carbocycles. The fourth-order valence-corrected chi connectivity index (χ4v) is 4.32. The van der Waals surface area contributed by atoms with E-state index in [0.29, 0.717) is 35.6 Å². The molecule has 1 aliphatic heterocycles. The summed E-state index contributed by atoms with van der Waals surface area (Å²) in [5.41, 5.74) is 1.04. The third-order valence-corrected chi connectivity index (χ3v) is 5.86. The van der Waals surface area contributed by atoms with Gasteiger partial charge in [0.15, 0.2) is 5.58 Å². The summed E-state index contributed by atoms with van der Waals surface area (Å²) in [6.45, 7) is 6.87. The third-order valence-electron chi connectivity index (χ3n) is 5.86. The monoisotopic (exact) mass is 371 g/mol. The molecule has 1 aliphatic carbocycles. The molecule has 0 bridgehead atoms. The molecule has 0 unspecified atom stereocenters. The molecule has 2 amide bonds. The number of carboxylic acid groups (broad SMARTS) is 1. The zero-order valence-electron chi connectivity index (χ0n) is 15.9. The van der Waals surface area contributed by atoms with Crippen molar-refractivity contribution in [2.24, 2.45) is 11.3 Å². The Labute approximate surface area is 157 Å². The lowest BCUT2D eigenvalue weighted by molar-refractivity contribution is -0.149. The molecule has 0 radical (unpaired) electrons. The molecular formula is C20H25N3O4. The summed E-state index contributed by atoms with van der Waals surface area (Å²) in [7, 11) is 0. The minimum atomic E-state index is -0.779. The molecule has 0 spiro atoms. The van der Waals surface area contributed by atoms with Crippen LogP contribution in [0.15, 0.2) is 22.6 Å². The molecule has 2 atom stereocenters. The van der Waals surface area contributed by atoms with Crippen molar-refractivity contribution >= 4 is 28.8 Å². The third kappa shape index (κ3) is 2.95. The van der Waals surface area contributed by atoms with E-state index in [2.05, 4.69) is 10.3 Å². The van der Waals surface area contributed by atoms with Gasteiger partial charge in [-0.2, -0.15) is 0 Å².